The van der Waals surface area contributed by atoms with Crippen LogP contribution in [0.5, 0.6) is 0 Å². The van der Waals surface area contributed by atoms with Crippen LogP contribution in [0.2, 0.25) is 0 Å². The Morgan fingerprint density at radius 2 is 1.67 bits per heavy atom. The zero-order valence-corrected chi connectivity index (χ0v) is 14.3. The van der Waals surface area contributed by atoms with Crippen LogP contribution < -0.4 is 5.32 Å². The standard InChI is InChI=1S/C19H32N2/c1-16(15-21-12-6-5-7-13-21)20-14-17-8-10-18(11-9-17)19(2,3)4/h8-11,16,20H,5-7,12-15H2,1-4H3. The fourth-order valence-corrected chi connectivity index (χ4v) is 3.01. The predicted molar refractivity (Wildman–Crippen MR) is 91.7 cm³/mol. The highest BCUT2D eigenvalue weighted by atomic mass is 15.1. The maximum atomic E-state index is 3.66. The summed E-state index contributed by atoms with van der Waals surface area (Å²) in [6.07, 6.45) is 4.17. The van der Waals surface area contributed by atoms with Crippen molar-refractivity contribution in [3.05, 3.63) is 35.4 Å². The predicted octanol–water partition coefficient (Wildman–Crippen LogP) is 3.95. The molecule has 1 aliphatic rings. The van der Waals surface area contributed by atoms with Gasteiger partial charge in [-0.2, -0.15) is 0 Å². The summed E-state index contributed by atoms with van der Waals surface area (Å²) < 4.78 is 0. The Balaban J connectivity index is 1.76. The average molecular weight is 288 g/mol. The summed E-state index contributed by atoms with van der Waals surface area (Å²) in [5.74, 6) is 0. The van der Waals surface area contributed by atoms with Crippen LogP contribution in [-0.2, 0) is 12.0 Å². The molecule has 1 fully saturated rings. The Morgan fingerprint density at radius 1 is 1.05 bits per heavy atom. The minimum Gasteiger partial charge on any atom is -0.309 e. The van der Waals surface area contributed by atoms with E-state index in [1.165, 1.54) is 50.0 Å². The summed E-state index contributed by atoms with van der Waals surface area (Å²) >= 11 is 0. The molecule has 1 aromatic rings. The van der Waals surface area contributed by atoms with Crippen molar-refractivity contribution in [1.29, 1.82) is 0 Å². The first-order valence-corrected chi connectivity index (χ1v) is 8.50. The van der Waals surface area contributed by atoms with Gasteiger partial charge < -0.3 is 10.2 Å². The number of rotatable bonds is 5. The summed E-state index contributed by atoms with van der Waals surface area (Å²) in [4.78, 5) is 2.60. The molecule has 0 amide bonds. The van der Waals surface area contributed by atoms with E-state index in [4.69, 9.17) is 0 Å². The van der Waals surface area contributed by atoms with Crippen LogP contribution in [0.25, 0.3) is 0 Å². The molecule has 1 aliphatic heterocycles. The molecule has 1 heterocycles. The molecule has 0 spiro atoms. The molecular formula is C19H32N2. The zero-order valence-electron chi connectivity index (χ0n) is 14.3. The highest BCUT2D eigenvalue weighted by Crippen LogP contribution is 2.22. The fraction of sp³-hybridized carbons (Fsp3) is 0.684. The molecule has 1 atom stereocenters. The second-order valence-electron chi connectivity index (χ2n) is 7.59. The molecular weight excluding hydrogens is 256 g/mol. The van der Waals surface area contributed by atoms with E-state index in [9.17, 15) is 0 Å². The van der Waals surface area contributed by atoms with Gasteiger partial charge in [0, 0.05) is 19.1 Å². The van der Waals surface area contributed by atoms with Gasteiger partial charge in [-0.05, 0) is 49.4 Å². The van der Waals surface area contributed by atoms with E-state index in [1.54, 1.807) is 0 Å². The molecule has 0 saturated carbocycles. The SMILES string of the molecule is CC(CN1CCCCC1)NCc1ccc(C(C)(C)C)cc1. The van der Waals surface area contributed by atoms with E-state index >= 15 is 0 Å². The maximum absolute atomic E-state index is 3.66. The Labute approximate surface area is 130 Å². The highest BCUT2D eigenvalue weighted by molar-refractivity contribution is 5.27. The minimum absolute atomic E-state index is 0.244. The molecule has 2 rings (SSSR count). The van der Waals surface area contributed by atoms with Gasteiger partial charge in [-0.15, -0.1) is 0 Å². The summed E-state index contributed by atoms with van der Waals surface area (Å²) in [5, 5.41) is 3.66. The van der Waals surface area contributed by atoms with Crippen molar-refractivity contribution in [2.24, 2.45) is 0 Å². The van der Waals surface area contributed by atoms with Crippen molar-refractivity contribution in [1.82, 2.24) is 10.2 Å². The van der Waals surface area contributed by atoms with E-state index < -0.39 is 0 Å². The topological polar surface area (TPSA) is 15.3 Å². The second kappa shape index (κ2) is 7.42. The molecule has 0 aromatic heterocycles. The number of likely N-dealkylation sites (tertiary alicyclic amines) is 1. The van der Waals surface area contributed by atoms with Gasteiger partial charge in [0.15, 0.2) is 0 Å². The van der Waals surface area contributed by atoms with Crippen LogP contribution in [0.3, 0.4) is 0 Å². The van der Waals surface area contributed by atoms with Gasteiger partial charge >= 0.3 is 0 Å². The number of hydrogen-bond acceptors (Lipinski definition) is 2. The first kappa shape index (κ1) is 16.5. The first-order chi connectivity index (χ1) is 9.95. The highest BCUT2D eigenvalue weighted by Gasteiger charge is 2.14. The van der Waals surface area contributed by atoms with Gasteiger partial charge in [0.05, 0.1) is 0 Å². The molecule has 118 valence electrons. The largest absolute Gasteiger partial charge is 0.309 e. The van der Waals surface area contributed by atoms with Crippen molar-refractivity contribution in [3.8, 4) is 0 Å². The van der Waals surface area contributed by atoms with Crippen molar-refractivity contribution < 1.29 is 0 Å². The smallest absolute Gasteiger partial charge is 0.0208 e. The third kappa shape index (κ3) is 5.44. The van der Waals surface area contributed by atoms with E-state index in [0.29, 0.717) is 6.04 Å². The molecule has 1 saturated heterocycles. The molecule has 2 heteroatoms. The van der Waals surface area contributed by atoms with Gasteiger partial charge in [-0.3, -0.25) is 0 Å². The van der Waals surface area contributed by atoms with Crippen molar-refractivity contribution in [2.75, 3.05) is 19.6 Å². The van der Waals surface area contributed by atoms with Crippen LogP contribution in [0.1, 0.15) is 58.1 Å². The lowest BCUT2D eigenvalue weighted by Crippen LogP contribution is -2.41. The van der Waals surface area contributed by atoms with Crippen LogP contribution in [0, 0.1) is 0 Å². The lowest BCUT2D eigenvalue weighted by Gasteiger charge is -2.29. The van der Waals surface area contributed by atoms with Gasteiger partial charge in [0.2, 0.25) is 0 Å². The van der Waals surface area contributed by atoms with Gasteiger partial charge in [-0.25, -0.2) is 0 Å². The number of piperidine rings is 1. The van der Waals surface area contributed by atoms with Crippen molar-refractivity contribution in [2.45, 2.75) is 65.0 Å². The quantitative estimate of drug-likeness (QED) is 0.882. The number of hydrogen-bond donors (Lipinski definition) is 1. The van der Waals surface area contributed by atoms with E-state index in [2.05, 4.69) is 62.2 Å². The van der Waals surface area contributed by atoms with Crippen molar-refractivity contribution >= 4 is 0 Å². The lowest BCUT2D eigenvalue weighted by atomic mass is 9.87. The monoisotopic (exact) mass is 288 g/mol. The van der Waals surface area contributed by atoms with Crippen LogP contribution >= 0.6 is 0 Å². The molecule has 0 radical (unpaired) electrons. The molecule has 1 aromatic carbocycles. The average Bonchev–Trinajstić information content (AvgIpc) is 2.46. The van der Waals surface area contributed by atoms with E-state index in [-0.39, 0.29) is 5.41 Å². The van der Waals surface area contributed by atoms with Gasteiger partial charge in [0.1, 0.15) is 0 Å². The number of nitrogens with zero attached hydrogens (tertiary/aromatic N) is 1. The first-order valence-electron chi connectivity index (χ1n) is 8.50. The van der Waals surface area contributed by atoms with Crippen LogP contribution in [-0.4, -0.2) is 30.6 Å². The third-order valence-electron chi connectivity index (χ3n) is 4.46. The third-order valence-corrected chi connectivity index (χ3v) is 4.46. The number of benzene rings is 1. The Kier molecular flexibility index (Phi) is 5.83. The summed E-state index contributed by atoms with van der Waals surface area (Å²) in [6, 6.07) is 9.63. The summed E-state index contributed by atoms with van der Waals surface area (Å²) in [6.45, 7) is 13.8. The normalized spacial score (nSPS) is 18.7. The summed E-state index contributed by atoms with van der Waals surface area (Å²) in [5.41, 5.74) is 3.04. The number of nitrogens with one attached hydrogen (secondary N) is 1. The van der Waals surface area contributed by atoms with Crippen LogP contribution in [0.15, 0.2) is 24.3 Å². The molecule has 1 N–H and O–H groups in total. The molecule has 0 aliphatic carbocycles. The fourth-order valence-electron chi connectivity index (χ4n) is 3.01. The van der Waals surface area contributed by atoms with Gasteiger partial charge in [-0.1, -0.05) is 51.5 Å². The molecule has 1 unspecified atom stereocenters. The Morgan fingerprint density at radius 3 is 2.24 bits per heavy atom. The minimum atomic E-state index is 0.244. The van der Waals surface area contributed by atoms with E-state index in [1.807, 2.05) is 0 Å². The molecule has 21 heavy (non-hydrogen) atoms. The van der Waals surface area contributed by atoms with E-state index in [0.717, 1.165) is 6.54 Å². The molecule has 0 bridgehead atoms. The van der Waals surface area contributed by atoms with Crippen molar-refractivity contribution in [3.63, 3.8) is 0 Å². The zero-order chi connectivity index (χ0) is 15.3. The molecule has 2 nitrogen and oxygen atoms in total. The Bertz CT molecular complexity index is 410. The lowest BCUT2D eigenvalue weighted by molar-refractivity contribution is 0.209. The summed E-state index contributed by atoms with van der Waals surface area (Å²) in [7, 11) is 0. The van der Waals surface area contributed by atoms with Crippen LogP contribution in [0.4, 0.5) is 0 Å². The maximum Gasteiger partial charge on any atom is 0.0208 e. The Hall–Kier alpha value is -0.860. The van der Waals surface area contributed by atoms with Gasteiger partial charge in [0.25, 0.3) is 0 Å². The second-order valence-corrected chi connectivity index (χ2v) is 7.59.